The van der Waals surface area contributed by atoms with Gasteiger partial charge in [-0.1, -0.05) is 0 Å². The van der Waals surface area contributed by atoms with Gasteiger partial charge in [0.1, 0.15) is 24.4 Å². The van der Waals surface area contributed by atoms with Crippen LogP contribution in [0, 0.1) is 0 Å². The number of aromatic hydroxyl groups is 1. The van der Waals surface area contributed by atoms with Crippen LogP contribution in [0.2, 0.25) is 0 Å². The van der Waals surface area contributed by atoms with Crippen molar-refractivity contribution >= 4 is 47.1 Å². The van der Waals surface area contributed by atoms with Crippen molar-refractivity contribution in [3.05, 3.63) is 24.3 Å². The summed E-state index contributed by atoms with van der Waals surface area (Å²) < 4.78 is 0. The van der Waals surface area contributed by atoms with E-state index in [9.17, 15) is 29.1 Å². The van der Waals surface area contributed by atoms with Crippen LogP contribution in [-0.2, 0) is 24.0 Å². The fraction of sp³-hybridized carbons (Fsp3) is 0.389. The van der Waals surface area contributed by atoms with Crippen LogP contribution in [0.3, 0.4) is 0 Å². The lowest BCUT2D eigenvalue weighted by molar-refractivity contribution is -0.139. The summed E-state index contributed by atoms with van der Waals surface area (Å²) in [6, 6.07) is 3.43. The van der Waals surface area contributed by atoms with Crippen LogP contribution in [0.25, 0.3) is 0 Å². The van der Waals surface area contributed by atoms with Crippen LogP contribution in [-0.4, -0.2) is 75.1 Å². The van der Waals surface area contributed by atoms with Gasteiger partial charge in [-0.15, -0.1) is 11.8 Å². The number of carboxylic acids is 2. The van der Waals surface area contributed by atoms with Crippen molar-refractivity contribution in [2.45, 2.75) is 24.9 Å². The molecule has 0 bridgehead atoms. The molecule has 0 aliphatic rings. The number of carbonyl (C=O) groups excluding carboxylic acids is 3. The number of rotatable bonds is 13. The number of hydrogen-bond acceptors (Lipinski definition) is 8. The summed E-state index contributed by atoms with van der Waals surface area (Å²) in [7, 11) is 0. The molecule has 12 nitrogen and oxygen atoms in total. The van der Waals surface area contributed by atoms with Crippen LogP contribution in [0.1, 0.15) is 12.8 Å². The Kier molecular flexibility index (Phi) is 10.8. The van der Waals surface area contributed by atoms with E-state index in [0.29, 0.717) is 5.69 Å². The van der Waals surface area contributed by atoms with Gasteiger partial charge in [-0.25, -0.2) is 0 Å². The van der Waals surface area contributed by atoms with E-state index in [1.54, 1.807) is 0 Å². The Labute approximate surface area is 181 Å². The van der Waals surface area contributed by atoms with E-state index < -0.39 is 42.4 Å². The molecule has 0 saturated heterocycles. The summed E-state index contributed by atoms with van der Waals surface area (Å²) >= 11 is 1.02. The van der Waals surface area contributed by atoms with Gasteiger partial charge >= 0.3 is 11.9 Å². The number of thioether (sulfide) groups is 1. The van der Waals surface area contributed by atoms with E-state index in [-0.39, 0.29) is 36.0 Å². The maximum absolute atomic E-state index is 12.2. The highest BCUT2D eigenvalue weighted by Gasteiger charge is 2.22. The first-order valence-corrected chi connectivity index (χ1v) is 10.2. The number of phenols is 1. The molecule has 0 radical (unpaired) electrons. The van der Waals surface area contributed by atoms with Gasteiger partial charge in [0.2, 0.25) is 17.7 Å². The molecule has 0 saturated carbocycles. The minimum absolute atomic E-state index is 0.0365. The maximum atomic E-state index is 12.2. The van der Waals surface area contributed by atoms with E-state index in [4.69, 9.17) is 15.9 Å². The first-order valence-electron chi connectivity index (χ1n) is 9.02. The number of nitrogens with two attached hydrogens (primary N) is 1. The minimum atomic E-state index is -1.27. The first kappa shape index (κ1) is 25.7. The number of carbonyl (C=O) groups is 5. The third-order valence-corrected chi connectivity index (χ3v) is 4.77. The zero-order valence-corrected chi connectivity index (χ0v) is 17.2. The third-order valence-electron chi connectivity index (χ3n) is 3.73. The van der Waals surface area contributed by atoms with E-state index >= 15 is 0 Å². The highest BCUT2D eigenvalue weighted by atomic mass is 32.2. The molecule has 8 N–H and O–H groups in total. The second-order valence-electron chi connectivity index (χ2n) is 6.33. The van der Waals surface area contributed by atoms with Crippen LogP contribution < -0.4 is 21.7 Å². The van der Waals surface area contributed by atoms with Crippen LogP contribution in [0.15, 0.2) is 24.3 Å². The quantitative estimate of drug-likeness (QED) is 0.179. The maximum Gasteiger partial charge on any atom is 0.322 e. The molecule has 0 aromatic heterocycles. The Morgan fingerprint density at radius 3 is 2.26 bits per heavy atom. The fourth-order valence-electron chi connectivity index (χ4n) is 2.16. The topological polar surface area (TPSA) is 208 Å². The summed E-state index contributed by atoms with van der Waals surface area (Å²) in [5.41, 5.74) is 5.80. The number of anilines is 1. The summed E-state index contributed by atoms with van der Waals surface area (Å²) in [6.07, 6.45) is -0.394. The molecule has 0 spiro atoms. The fourth-order valence-corrected chi connectivity index (χ4v) is 3.00. The number of phenolic OH excluding ortho intramolecular Hbond substituents is 1. The molecule has 0 heterocycles. The normalized spacial score (nSPS) is 12.3. The Morgan fingerprint density at radius 2 is 1.68 bits per heavy atom. The van der Waals surface area contributed by atoms with Gasteiger partial charge in [0.25, 0.3) is 0 Å². The van der Waals surface area contributed by atoms with Crippen molar-refractivity contribution in [2.75, 3.05) is 23.4 Å². The molecule has 2 atom stereocenters. The van der Waals surface area contributed by atoms with Gasteiger partial charge in [-0.3, -0.25) is 24.0 Å². The molecule has 0 aliphatic heterocycles. The Hall–Kier alpha value is -3.32. The summed E-state index contributed by atoms with van der Waals surface area (Å²) in [5, 5.41) is 33.8. The van der Waals surface area contributed by atoms with Gasteiger partial charge in [-0.2, -0.15) is 0 Å². The highest BCUT2D eigenvalue weighted by Crippen LogP contribution is 2.14. The number of carboxylic acid groups (broad SMARTS) is 2. The molecule has 3 amide bonds. The average Bonchev–Trinajstić information content (AvgIpc) is 2.71. The van der Waals surface area contributed by atoms with E-state index in [2.05, 4.69) is 16.0 Å². The SMILES string of the molecule is N[C@@H](CCC(=O)N[C@H](CSCC(=O)Nc1ccc(O)cc1)C(=O)NCC(=O)O)C(=O)O. The van der Waals surface area contributed by atoms with E-state index in [0.717, 1.165) is 11.8 Å². The zero-order chi connectivity index (χ0) is 23.4. The minimum Gasteiger partial charge on any atom is -0.508 e. The van der Waals surface area contributed by atoms with Crippen molar-refractivity contribution in [1.29, 1.82) is 0 Å². The van der Waals surface area contributed by atoms with Crippen molar-refractivity contribution in [3.63, 3.8) is 0 Å². The number of amides is 3. The number of aliphatic carboxylic acids is 2. The van der Waals surface area contributed by atoms with E-state index in [1.807, 2.05) is 0 Å². The van der Waals surface area contributed by atoms with Gasteiger partial charge in [0.05, 0.1) is 5.75 Å². The predicted molar refractivity (Wildman–Crippen MR) is 111 cm³/mol. The second kappa shape index (κ2) is 13.1. The Balaban J connectivity index is 2.58. The van der Waals surface area contributed by atoms with E-state index in [1.165, 1.54) is 24.3 Å². The lowest BCUT2D eigenvalue weighted by Gasteiger charge is -2.18. The van der Waals surface area contributed by atoms with Crippen LogP contribution >= 0.6 is 11.8 Å². The summed E-state index contributed by atoms with van der Waals surface area (Å²) in [5.74, 6) is -4.38. The average molecular weight is 456 g/mol. The molecule has 0 fully saturated rings. The Morgan fingerprint density at radius 1 is 1.03 bits per heavy atom. The molecule has 0 unspecified atom stereocenters. The van der Waals surface area contributed by atoms with Gasteiger partial charge in [0.15, 0.2) is 0 Å². The lowest BCUT2D eigenvalue weighted by atomic mass is 10.1. The summed E-state index contributed by atoms with van der Waals surface area (Å²) in [4.78, 5) is 57.6. The summed E-state index contributed by atoms with van der Waals surface area (Å²) in [6.45, 7) is -0.652. The molecule has 1 aromatic rings. The van der Waals surface area contributed by atoms with Gasteiger partial charge < -0.3 is 37.0 Å². The zero-order valence-electron chi connectivity index (χ0n) is 16.4. The molecule has 170 valence electrons. The van der Waals surface area contributed by atoms with Crippen molar-refractivity contribution in [3.8, 4) is 5.75 Å². The molecular formula is C18H24N4O8S. The van der Waals surface area contributed by atoms with Crippen LogP contribution in [0.4, 0.5) is 5.69 Å². The number of nitrogens with one attached hydrogen (secondary N) is 3. The molecule has 0 aliphatic carbocycles. The molecule has 31 heavy (non-hydrogen) atoms. The molecule has 13 heteroatoms. The largest absolute Gasteiger partial charge is 0.508 e. The van der Waals surface area contributed by atoms with Gasteiger partial charge in [-0.05, 0) is 30.7 Å². The smallest absolute Gasteiger partial charge is 0.322 e. The number of hydrogen-bond donors (Lipinski definition) is 7. The second-order valence-corrected chi connectivity index (χ2v) is 7.36. The molecule has 1 aromatic carbocycles. The number of benzene rings is 1. The Bertz CT molecular complexity index is 802. The monoisotopic (exact) mass is 456 g/mol. The lowest BCUT2D eigenvalue weighted by Crippen LogP contribution is -2.49. The molecule has 1 rings (SSSR count). The molecular weight excluding hydrogens is 432 g/mol. The van der Waals surface area contributed by atoms with Gasteiger partial charge in [0, 0.05) is 17.9 Å². The standard InChI is InChI=1S/C18H24N4O8S/c19-12(18(29)30)5-6-14(24)22-13(17(28)20-7-16(26)27)8-31-9-15(25)21-10-1-3-11(23)4-2-10/h1-4,12-13,23H,5-9,19H2,(H,20,28)(H,21,25)(H,22,24)(H,26,27)(H,29,30)/t12-,13+/m0/s1. The van der Waals surface area contributed by atoms with Crippen molar-refractivity contribution in [1.82, 2.24) is 10.6 Å². The van der Waals surface area contributed by atoms with Crippen molar-refractivity contribution < 1.29 is 39.3 Å². The first-order chi connectivity index (χ1) is 14.6. The predicted octanol–water partition coefficient (Wildman–Crippen LogP) is -1.06. The van der Waals surface area contributed by atoms with Crippen molar-refractivity contribution in [2.24, 2.45) is 5.73 Å². The third kappa shape index (κ3) is 10.9. The highest BCUT2D eigenvalue weighted by molar-refractivity contribution is 8.00. The van der Waals surface area contributed by atoms with Crippen LogP contribution in [0.5, 0.6) is 5.75 Å².